The molecule has 3 saturated carbocycles. The second-order valence-electron chi connectivity index (χ2n) is 12.7. The number of fused-ring (bicyclic) bond motifs is 5. The summed E-state index contributed by atoms with van der Waals surface area (Å²) in [6.45, 7) is 12.5. The lowest BCUT2D eigenvalue weighted by atomic mass is 9.41. The van der Waals surface area contributed by atoms with Gasteiger partial charge < -0.3 is 4.74 Å². The first-order valence-corrected chi connectivity index (χ1v) is 13.5. The van der Waals surface area contributed by atoms with Gasteiger partial charge in [-0.15, -0.1) is 0 Å². The van der Waals surface area contributed by atoms with Crippen molar-refractivity contribution in [2.45, 2.75) is 118 Å². The highest BCUT2D eigenvalue weighted by Crippen LogP contribution is 2.71. The van der Waals surface area contributed by atoms with Crippen molar-refractivity contribution in [1.29, 1.82) is 0 Å². The molecule has 31 heavy (non-hydrogen) atoms. The van der Waals surface area contributed by atoms with Gasteiger partial charge in [0.1, 0.15) is 6.10 Å². The molecule has 0 aliphatic heterocycles. The van der Waals surface area contributed by atoms with Gasteiger partial charge in [0.05, 0.1) is 0 Å². The number of carbonyl (C=O) groups is 1. The Morgan fingerprint density at radius 1 is 1.06 bits per heavy atom. The van der Waals surface area contributed by atoms with Crippen LogP contribution < -0.4 is 0 Å². The maximum atomic E-state index is 11.3. The molecule has 2 nitrogen and oxygen atoms in total. The van der Waals surface area contributed by atoms with E-state index >= 15 is 0 Å². The third kappa shape index (κ3) is 4.13. The van der Waals surface area contributed by atoms with Crippen LogP contribution in [-0.2, 0) is 4.74 Å². The maximum Gasteiger partial charge on any atom is 0.404 e. The molecular formula is C28H45ClO2. The first-order valence-electron chi connectivity index (χ1n) is 13.1. The third-order valence-corrected chi connectivity index (χ3v) is 10.8. The Hall–Kier alpha value is -0.500. The van der Waals surface area contributed by atoms with Crippen molar-refractivity contribution in [3.8, 4) is 0 Å². The summed E-state index contributed by atoms with van der Waals surface area (Å²) < 4.78 is 5.39. The number of hydrogen-bond acceptors (Lipinski definition) is 2. The Labute approximate surface area is 195 Å². The summed E-state index contributed by atoms with van der Waals surface area (Å²) in [4.78, 5) is 11.3. The smallest absolute Gasteiger partial charge is 0.404 e. The normalized spacial score (nSPS) is 44.3. The molecule has 3 unspecified atom stereocenters. The van der Waals surface area contributed by atoms with Crippen LogP contribution >= 0.6 is 11.6 Å². The van der Waals surface area contributed by atoms with E-state index < -0.39 is 5.43 Å². The molecule has 4 aliphatic carbocycles. The van der Waals surface area contributed by atoms with Gasteiger partial charge in [0.2, 0.25) is 0 Å². The number of allylic oxidation sites excluding steroid dienone is 1. The van der Waals surface area contributed by atoms with E-state index in [0.29, 0.717) is 10.8 Å². The molecule has 0 heterocycles. The number of unbranched alkanes of at least 4 members (excludes halogenated alkanes) is 1. The van der Waals surface area contributed by atoms with Crippen LogP contribution in [0.1, 0.15) is 112 Å². The first-order chi connectivity index (χ1) is 14.6. The van der Waals surface area contributed by atoms with Crippen LogP contribution in [0.4, 0.5) is 4.79 Å². The Bertz CT molecular complexity index is 714. The topological polar surface area (TPSA) is 26.3 Å². The predicted octanol–water partition coefficient (Wildman–Crippen LogP) is 8.92. The van der Waals surface area contributed by atoms with Crippen LogP contribution in [0.15, 0.2) is 11.6 Å². The molecule has 4 rings (SSSR count). The predicted molar refractivity (Wildman–Crippen MR) is 129 cm³/mol. The lowest BCUT2D eigenvalue weighted by Crippen LogP contribution is -2.56. The Balaban J connectivity index is 1.49. The Morgan fingerprint density at radius 2 is 1.84 bits per heavy atom. The van der Waals surface area contributed by atoms with Crippen molar-refractivity contribution < 1.29 is 9.53 Å². The highest BCUT2D eigenvalue weighted by atomic mass is 35.5. The highest BCUT2D eigenvalue weighted by molar-refractivity contribution is 6.61. The standard InChI is InChI=1S/C28H45ClO2/c1-19(2)8-6-7-9-20-10-11-23-26(20,3)17-14-24-27(4)16-13-22(31-25(29)30)18-21(27)12-15-28(23,24)5/h12,19-20,22-24H,6-11,13-18H2,1-5H3/t20-,22-,23?,24?,26+,27-,28?/m0/s1. The van der Waals surface area contributed by atoms with E-state index in [1.807, 2.05) is 0 Å². The molecule has 0 bridgehead atoms. The molecule has 0 N–H and O–H groups in total. The van der Waals surface area contributed by atoms with E-state index in [0.717, 1.165) is 42.9 Å². The summed E-state index contributed by atoms with van der Waals surface area (Å²) in [7, 11) is 0. The fourth-order valence-electron chi connectivity index (χ4n) is 9.04. The van der Waals surface area contributed by atoms with E-state index in [-0.39, 0.29) is 11.5 Å². The van der Waals surface area contributed by atoms with Gasteiger partial charge in [0.25, 0.3) is 0 Å². The largest absolute Gasteiger partial charge is 0.450 e. The molecule has 0 aromatic carbocycles. The fourth-order valence-corrected chi connectivity index (χ4v) is 9.17. The van der Waals surface area contributed by atoms with E-state index in [2.05, 4.69) is 40.7 Å². The lowest BCUT2D eigenvalue weighted by molar-refractivity contribution is -0.110. The summed E-state index contributed by atoms with van der Waals surface area (Å²) in [6.07, 6.45) is 18.1. The first kappa shape index (κ1) is 23.7. The highest BCUT2D eigenvalue weighted by Gasteiger charge is 2.63. The zero-order valence-electron chi connectivity index (χ0n) is 20.6. The average Bonchev–Trinajstić information content (AvgIpc) is 3.02. The second kappa shape index (κ2) is 8.69. The molecule has 3 heteroatoms. The molecule has 7 atom stereocenters. The SMILES string of the molecule is CC(C)CCCC[C@H]1CCC2C3(C)CC=C4C[C@@H](OC(=O)Cl)CC[C@]4(C)C3CC[C@@]21C. The average molecular weight is 449 g/mol. The van der Waals surface area contributed by atoms with E-state index in [9.17, 15) is 4.79 Å². The third-order valence-electron chi connectivity index (χ3n) is 10.7. The minimum atomic E-state index is -0.645. The van der Waals surface area contributed by atoms with Crippen molar-refractivity contribution in [1.82, 2.24) is 0 Å². The van der Waals surface area contributed by atoms with Gasteiger partial charge >= 0.3 is 5.43 Å². The second-order valence-corrected chi connectivity index (χ2v) is 13.0. The van der Waals surface area contributed by atoms with Gasteiger partial charge in [-0.25, -0.2) is 4.79 Å². The van der Waals surface area contributed by atoms with E-state index in [4.69, 9.17) is 16.3 Å². The van der Waals surface area contributed by atoms with Crippen LogP contribution in [0.3, 0.4) is 0 Å². The zero-order chi connectivity index (χ0) is 22.4. The van der Waals surface area contributed by atoms with E-state index in [1.165, 1.54) is 57.8 Å². The van der Waals surface area contributed by atoms with Crippen LogP contribution in [0, 0.1) is 39.9 Å². The van der Waals surface area contributed by atoms with Crippen LogP contribution in [0.2, 0.25) is 0 Å². The van der Waals surface area contributed by atoms with E-state index in [1.54, 1.807) is 5.57 Å². The fraction of sp³-hybridized carbons (Fsp3) is 0.893. The molecule has 0 saturated heterocycles. The number of carbonyl (C=O) groups excluding carboxylic acids is 1. The van der Waals surface area contributed by atoms with Gasteiger partial charge in [0, 0.05) is 18.0 Å². The van der Waals surface area contributed by atoms with Gasteiger partial charge in [-0.2, -0.15) is 0 Å². The summed E-state index contributed by atoms with van der Waals surface area (Å²) in [5.41, 5.74) is 2.15. The summed E-state index contributed by atoms with van der Waals surface area (Å²) in [5, 5.41) is 0. The van der Waals surface area contributed by atoms with Gasteiger partial charge in [-0.05, 0) is 91.3 Å². The summed E-state index contributed by atoms with van der Waals surface area (Å²) in [6, 6.07) is 0. The number of rotatable bonds is 6. The number of halogens is 1. The summed E-state index contributed by atoms with van der Waals surface area (Å²) >= 11 is 5.52. The molecule has 0 amide bonds. The molecule has 176 valence electrons. The molecule has 4 aliphatic rings. The van der Waals surface area contributed by atoms with Crippen molar-refractivity contribution in [3.05, 3.63) is 11.6 Å². The molecule has 0 radical (unpaired) electrons. The van der Waals surface area contributed by atoms with Crippen LogP contribution in [-0.4, -0.2) is 11.5 Å². The van der Waals surface area contributed by atoms with Crippen molar-refractivity contribution >= 4 is 17.0 Å². The van der Waals surface area contributed by atoms with Crippen molar-refractivity contribution in [2.24, 2.45) is 39.9 Å². The molecular weight excluding hydrogens is 404 g/mol. The van der Waals surface area contributed by atoms with Crippen LogP contribution in [0.5, 0.6) is 0 Å². The monoisotopic (exact) mass is 448 g/mol. The Kier molecular flexibility index (Phi) is 6.63. The minimum absolute atomic E-state index is 0.0239. The zero-order valence-corrected chi connectivity index (χ0v) is 21.4. The van der Waals surface area contributed by atoms with Crippen molar-refractivity contribution in [3.63, 3.8) is 0 Å². The lowest BCUT2D eigenvalue weighted by Gasteiger charge is -2.63. The number of hydrogen-bond donors (Lipinski definition) is 0. The maximum absolute atomic E-state index is 11.3. The molecule has 0 aromatic heterocycles. The number of ether oxygens (including phenoxy) is 1. The minimum Gasteiger partial charge on any atom is -0.450 e. The van der Waals surface area contributed by atoms with Gasteiger partial charge in [-0.1, -0.05) is 65.5 Å². The van der Waals surface area contributed by atoms with Crippen molar-refractivity contribution in [2.75, 3.05) is 0 Å². The van der Waals surface area contributed by atoms with Gasteiger partial charge in [0.15, 0.2) is 0 Å². The van der Waals surface area contributed by atoms with Gasteiger partial charge in [-0.3, -0.25) is 0 Å². The molecule has 0 spiro atoms. The quantitative estimate of drug-likeness (QED) is 0.230. The summed E-state index contributed by atoms with van der Waals surface area (Å²) in [5.74, 6) is 3.40. The molecule has 0 aromatic rings. The van der Waals surface area contributed by atoms with Crippen LogP contribution in [0.25, 0.3) is 0 Å². The Morgan fingerprint density at radius 3 is 2.55 bits per heavy atom. The molecule has 3 fully saturated rings.